The molecule has 0 radical (unpaired) electrons. The summed E-state index contributed by atoms with van der Waals surface area (Å²) in [5, 5.41) is 0. The summed E-state index contributed by atoms with van der Waals surface area (Å²) in [4.78, 5) is 0. The van der Waals surface area contributed by atoms with Crippen molar-refractivity contribution < 1.29 is 68.5 Å². The standard InChI is InChI=1S/C29H58O4S.K/c1-3-5-7-9-11-13-15-16-17-19-21-23-25-27-29(28-33-34(30,31)32)26-24-22-20-18-14-12-10-8-6-4-2;/h25,27,29H,3-24,26,28H2,1-2H3,(H,30,31,32);/q;+1/p-1/b27-25+;. The van der Waals surface area contributed by atoms with Crippen LogP contribution in [0.5, 0.6) is 0 Å². The normalized spacial score (nSPS) is 12.8. The summed E-state index contributed by atoms with van der Waals surface area (Å²) in [6.45, 7) is 4.50. The maximum atomic E-state index is 10.9. The summed E-state index contributed by atoms with van der Waals surface area (Å²) in [6, 6.07) is 0. The number of hydrogen-bond acceptors (Lipinski definition) is 4. The van der Waals surface area contributed by atoms with Crippen molar-refractivity contribution in [3.63, 3.8) is 0 Å². The van der Waals surface area contributed by atoms with Crippen LogP contribution in [0, 0.1) is 5.92 Å². The fourth-order valence-corrected chi connectivity index (χ4v) is 4.86. The van der Waals surface area contributed by atoms with E-state index in [-0.39, 0.29) is 63.9 Å². The predicted molar refractivity (Wildman–Crippen MR) is 146 cm³/mol. The van der Waals surface area contributed by atoms with Crippen molar-refractivity contribution in [1.82, 2.24) is 0 Å². The Morgan fingerprint density at radius 3 is 1.40 bits per heavy atom. The molecular weight excluding hydrogens is 483 g/mol. The maximum absolute atomic E-state index is 10.9. The summed E-state index contributed by atoms with van der Waals surface area (Å²) in [6.07, 6.45) is 33.7. The topological polar surface area (TPSA) is 66.4 Å². The number of unbranched alkanes of at least 4 members (excludes halogenated alkanes) is 20. The van der Waals surface area contributed by atoms with Crippen LogP contribution in [0.3, 0.4) is 0 Å². The summed E-state index contributed by atoms with van der Waals surface area (Å²) in [7, 11) is -4.61. The molecule has 0 heterocycles. The molecule has 0 aromatic rings. The van der Waals surface area contributed by atoms with E-state index in [2.05, 4.69) is 30.2 Å². The molecule has 0 amide bonds. The molecule has 0 aliphatic carbocycles. The Kier molecular flexibility index (Phi) is 32.7. The van der Waals surface area contributed by atoms with Gasteiger partial charge < -0.3 is 4.55 Å². The van der Waals surface area contributed by atoms with Gasteiger partial charge in [-0.1, -0.05) is 154 Å². The van der Waals surface area contributed by atoms with Gasteiger partial charge in [0.05, 0.1) is 6.61 Å². The van der Waals surface area contributed by atoms with Crippen LogP contribution in [-0.4, -0.2) is 19.6 Å². The van der Waals surface area contributed by atoms with Crippen LogP contribution in [0.1, 0.15) is 162 Å². The van der Waals surface area contributed by atoms with E-state index in [1.165, 1.54) is 128 Å². The molecule has 0 spiro atoms. The number of allylic oxidation sites excluding steroid dienone is 1. The van der Waals surface area contributed by atoms with Crippen LogP contribution in [0.25, 0.3) is 0 Å². The average molecular weight is 541 g/mol. The minimum atomic E-state index is -4.61. The van der Waals surface area contributed by atoms with E-state index in [1.807, 2.05) is 0 Å². The van der Waals surface area contributed by atoms with Gasteiger partial charge in [0.1, 0.15) is 0 Å². The van der Waals surface area contributed by atoms with E-state index >= 15 is 0 Å². The zero-order chi connectivity index (χ0) is 25.2. The van der Waals surface area contributed by atoms with Gasteiger partial charge in [0.2, 0.25) is 10.4 Å². The van der Waals surface area contributed by atoms with Gasteiger partial charge in [-0.25, -0.2) is 8.42 Å². The monoisotopic (exact) mass is 540 g/mol. The van der Waals surface area contributed by atoms with E-state index in [1.54, 1.807) is 0 Å². The Balaban J connectivity index is 0. The van der Waals surface area contributed by atoms with Crippen LogP contribution in [0.4, 0.5) is 0 Å². The molecule has 0 aliphatic rings. The molecule has 35 heavy (non-hydrogen) atoms. The minimum Gasteiger partial charge on any atom is -0.726 e. The van der Waals surface area contributed by atoms with E-state index in [9.17, 15) is 13.0 Å². The van der Waals surface area contributed by atoms with Crippen LogP contribution < -0.4 is 51.4 Å². The van der Waals surface area contributed by atoms with Gasteiger partial charge in [-0.2, -0.15) is 0 Å². The molecule has 6 heteroatoms. The first-order chi connectivity index (χ1) is 16.5. The van der Waals surface area contributed by atoms with Crippen molar-refractivity contribution in [2.24, 2.45) is 5.92 Å². The third-order valence-corrected chi connectivity index (χ3v) is 7.16. The molecule has 0 bridgehead atoms. The van der Waals surface area contributed by atoms with E-state index in [0.29, 0.717) is 0 Å². The van der Waals surface area contributed by atoms with E-state index < -0.39 is 10.4 Å². The smallest absolute Gasteiger partial charge is 0.726 e. The van der Waals surface area contributed by atoms with Gasteiger partial charge in [0.25, 0.3) is 0 Å². The van der Waals surface area contributed by atoms with Crippen molar-refractivity contribution >= 4 is 10.4 Å². The second-order valence-electron chi connectivity index (χ2n) is 10.2. The van der Waals surface area contributed by atoms with Crippen molar-refractivity contribution in [2.75, 3.05) is 6.61 Å². The zero-order valence-electron chi connectivity index (χ0n) is 23.7. The van der Waals surface area contributed by atoms with Gasteiger partial charge in [-0.15, -0.1) is 0 Å². The Hall–Kier alpha value is 1.25. The van der Waals surface area contributed by atoms with Gasteiger partial charge in [0.15, 0.2) is 0 Å². The molecule has 0 saturated heterocycles. The summed E-state index contributed by atoms with van der Waals surface area (Å²) in [5.41, 5.74) is 0. The molecule has 0 N–H and O–H groups in total. The number of hydrogen-bond donors (Lipinski definition) is 0. The fourth-order valence-electron chi connectivity index (χ4n) is 4.51. The van der Waals surface area contributed by atoms with Crippen molar-refractivity contribution in [3.8, 4) is 0 Å². The van der Waals surface area contributed by atoms with Crippen molar-refractivity contribution in [2.45, 2.75) is 162 Å². The third-order valence-electron chi connectivity index (χ3n) is 6.74. The largest absolute Gasteiger partial charge is 1.00 e. The van der Waals surface area contributed by atoms with Gasteiger partial charge in [-0.05, 0) is 19.3 Å². The Bertz CT molecular complexity index is 537. The first kappa shape index (κ1) is 38.4. The van der Waals surface area contributed by atoms with Gasteiger partial charge >= 0.3 is 51.4 Å². The third kappa shape index (κ3) is 33.2. The molecule has 0 aromatic carbocycles. The second kappa shape index (κ2) is 29.8. The van der Waals surface area contributed by atoms with Crippen molar-refractivity contribution in [1.29, 1.82) is 0 Å². The quantitative estimate of drug-likeness (QED) is 0.0384. The van der Waals surface area contributed by atoms with Gasteiger partial charge in [0, 0.05) is 5.92 Å². The maximum Gasteiger partial charge on any atom is 1.00 e. The van der Waals surface area contributed by atoms with Crippen LogP contribution in [-0.2, 0) is 14.6 Å². The summed E-state index contributed by atoms with van der Waals surface area (Å²) >= 11 is 0. The second-order valence-corrected chi connectivity index (χ2v) is 11.2. The first-order valence-corrected chi connectivity index (χ1v) is 16.1. The fraction of sp³-hybridized carbons (Fsp3) is 0.931. The van der Waals surface area contributed by atoms with E-state index in [4.69, 9.17) is 0 Å². The van der Waals surface area contributed by atoms with Crippen molar-refractivity contribution in [3.05, 3.63) is 12.2 Å². The molecule has 0 aliphatic heterocycles. The zero-order valence-corrected chi connectivity index (χ0v) is 27.7. The molecule has 0 aromatic heterocycles. The molecule has 0 fully saturated rings. The minimum absolute atomic E-state index is 0. The molecule has 0 saturated carbocycles. The average Bonchev–Trinajstić information content (AvgIpc) is 2.80. The molecule has 204 valence electrons. The Morgan fingerprint density at radius 2 is 1.00 bits per heavy atom. The Morgan fingerprint density at radius 1 is 0.629 bits per heavy atom. The molecule has 1 unspecified atom stereocenters. The van der Waals surface area contributed by atoms with Gasteiger partial charge in [-0.3, -0.25) is 4.18 Å². The van der Waals surface area contributed by atoms with E-state index in [0.717, 1.165) is 19.3 Å². The summed E-state index contributed by atoms with van der Waals surface area (Å²) in [5.74, 6) is 0.0190. The molecule has 0 rings (SSSR count). The SMILES string of the molecule is CCCCCCCCCCCCC/C=C/C(CCCCCCCCCCCC)COS(=O)(=O)[O-].[K+]. The molecule has 4 nitrogen and oxygen atoms in total. The van der Waals surface area contributed by atoms with Crippen LogP contribution >= 0.6 is 0 Å². The first-order valence-electron chi connectivity index (χ1n) is 14.8. The predicted octanol–water partition coefficient (Wildman–Crippen LogP) is 6.65. The van der Waals surface area contributed by atoms with Crippen LogP contribution in [0.2, 0.25) is 0 Å². The molecular formula is C29H57KO4S. The Labute approximate surface area is 262 Å². The molecule has 1 atom stereocenters. The van der Waals surface area contributed by atoms with Crippen LogP contribution in [0.15, 0.2) is 12.2 Å². The number of rotatable bonds is 27. The summed E-state index contributed by atoms with van der Waals surface area (Å²) < 4.78 is 37.2.